The molecule has 1 heterocycles. The Morgan fingerprint density at radius 3 is 2.80 bits per heavy atom. The smallest absolute Gasteiger partial charge is 0.270 e. The first-order chi connectivity index (χ1) is 14.5. The molecule has 0 aliphatic rings. The number of nitrogens with zero attached hydrogens (tertiary/aromatic N) is 3. The molecule has 1 amide bonds. The highest BCUT2D eigenvalue weighted by molar-refractivity contribution is 5.91. The summed E-state index contributed by atoms with van der Waals surface area (Å²) in [7, 11) is 3.07. The molecule has 0 unspecified atom stereocenters. The maximum atomic E-state index is 12.0. The first-order valence-corrected chi connectivity index (χ1v) is 8.75. The molecule has 0 aliphatic carbocycles. The van der Waals surface area contributed by atoms with Gasteiger partial charge in [-0.3, -0.25) is 14.9 Å². The zero-order valence-corrected chi connectivity index (χ0v) is 16.2. The molecule has 3 rings (SSSR count). The molecule has 0 saturated heterocycles. The molecular weight excluding hydrogens is 392 g/mol. The number of carbonyl (C=O) groups is 1. The van der Waals surface area contributed by atoms with Gasteiger partial charge in [-0.2, -0.15) is 4.98 Å². The highest BCUT2D eigenvalue weighted by atomic mass is 16.6. The molecule has 154 valence electrons. The number of rotatable bonds is 8. The van der Waals surface area contributed by atoms with Gasteiger partial charge >= 0.3 is 0 Å². The predicted octanol–water partition coefficient (Wildman–Crippen LogP) is 2.99. The summed E-state index contributed by atoms with van der Waals surface area (Å²) in [5.41, 5.74) is 1.10. The van der Waals surface area contributed by atoms with Crippen molar-refractivity contribution in [3.63, 3.8) is 0 Å². The number of hydrogen-bond acceptors (Lipinski definition) is 8. The third-order valence-electron chi connectivity index (χ3n) is 4.04. The van der Waals surface area contributed by atoms with Crippen LogP contribution in [-0.2, 0) is 11.3 Å². The van der Waals surface area contributed by atoms with E-state index in [0.29, 0.717) is 28.5 Å². The maximum Gasteiger partial charge on any atom is 0.270 e. The van der Waals surface area contributed by atoms with Crippen LogP contribution in [0, 0.1) is 10.1 Å². The molecule has 0 aliphatic heterocycles. The van der Waals surface area contributed by atoms with Crippen LogP contribution in [0.15, 0.2) is 53.1 Å². The van der Waals surface area contributed by atoms with Crippen molar-refractivity contribution in [2.45, 2.75) is 6.54 Å². The zero-order valence-electron chi connectivity index (χ0n) is 16.2. The van der Waals surface area contributed by atoms with Gasteiger partial charge in [0, 0.05) is 24.3 Å². The van der Waals surface area contributed by atoms with Crippen LogP contribution in [0.1, 0.15) is 11.5 Å². The van der Waals surface area contributed by atoms with Crippen LogP contribution in [0.5, 0.6) is 11.5 Å². The molecule has 0 saturated carbocycles. The van der Waals surface area contributed by atoms with Crippen molar-refractivity contribution in [1.82, 2.24) is 15.5 Å². The third kappa shape index (κ3) is 4.98. The number of carbonyl (C=O) groups excluding carboxylic acids is 1. The molecule has 10 heteroatoms. The van der Waals surface area contributed by atoms with E-state index in [-0.39, 0.29) is 18.1 Å². The van der Waals surface area contributed by atoms with E-state index in [1.165, 1.54) is 31.4 Å². The van der Waals surface area contributed by atoms with E-state index < -0.39 is 10.8 Å². The number of amides is 1. The summed E-state index contributed by atoms with van der Waals surface area (Å²) in [6, 6.07) is 11.1. The fourth-order valence-electron chi connectivity index (χ4n) is 2.55. The first kappa shape index (κ1) is 20.5. The monoisotopic (exact) mass is 410 g/mol. The summed E-state index contributed by atoms with van der Waals surface area (Å²) in [5, 5.41) is 17.3. The number of nitrogens with one attached hydrogen (secondary N) is 1. The maximum absolute atomic E-state index is 12.0. The van der Waals surface area contributed by atoms with Gasteiger partial charge in [0.2, 0.25) is 17.6 Å². The summed E-state index contributed by atoms with van der Waals surface area (Å²) >= 11 is 0. The van der Waals surface area contributed by atoms with E-state index in [0.717, 1.165) is 0 Å². The van der Waals surface area contributed by atoms with E-state index in [9.17, 15) is 14.9 Å². The number of aromatic nitrogens is 2. The lowest BCUT2D eigenvalue weighted by Gasteiger charge is -2.07. The van der Waals surface area contributed by atoms with Gasteiger partial charge in [0.25, 0.3) is 5.69 Å². The van der Waals surface area contributed by atoms with Crippen LogP contribution < -0.4 is 14.8 Å². The molecule has 1 N–H and O–H groups in total. The summed E-state index contributed by atoms with van der Waals surface area (Å²) in [5.74, 6) is 1.25. The summed E-state index contributed by atoms with van der Waals surface area (Å²) in [4.78, 5) is 26.5. The number of benzene rings is 2. The first-order valence-electron chi connectivity index (χ1n) is 8.75. The fourth-order valence-corrected chi connectivity index (χ4v) is 2.55. The van der Waals surface area contributed by atoms with Gasteiger partial charge in [0.15, 0.2) is 0 Å². The van der Waals surface area contributed by atoms with Crippen molar-refractivity contribution >= 4 is 17.7 Å². The second-order valence-corrected chi connectivity index (χ2v) is 5.98. The number of ether oxygens (including phenoxy) is 2. The normalized spacial score (nSPS) is 10.7. The van der Waals surface area contributed by atoms with Crippen molar-refractivity contribution in [1.29, 1.82) is 0 Å². The highest BCUT2D eigenvalue weighted by Crippen LogP contribution is 2.31. The van der Waals surface area contributed by atoms with Crippen LogP contribution in [0.25, 0.3) is 17.5 Å². The van der Waals surface area contributed by atoms with E-state index in [4.69, 9.17) is 14.0 Å². The summed E-state index contributed by atoms with van der Waals surface area (Å²) in [6.07, 6.45) is 2.74. The Bertz CT molecular complexity index is 1090. The van der Waals surface area contributed by atoms with Gasteiger partial charge in [0.05, 0.1) is 31.3 Å². The number of hydrogen-bond donors (Lipinski definition) is 1. The fraction of sp³-hybridized carbons (Fsp3) is 0.150. The Morgan fingerprint density at radius 2 is 2.07 bits per heavy atom. The Kier molecular flexibility index (Phi) is 6.38. The summed E-state index contributed by atoms with van der Waals surface area (Å²) < 4.78 is 15.7. The van der Waals surface area contributed by atoms with Crippen molar-refractivity contribution < 1.29 is 23.7 Å². The largest absolute Gasteiger partial charge is 0.497 e. The minimum absolute atomic E-state index is 0.0174. The molecule has 3 aromatic rings. The van der Waals surface area contributed by atoms with Crippen LogP contribution >= 0.6 is 0 Å². The molecule has 0 fully saturated rings. The minimum atomic E-state index is -0.498. The average molecular weight is 410 g/mol. The van der Waals surface area contributed by atoms with Crippen LogP contribution in [0.4, 0.5) is 5.69 Å². The number of nitro groups is 1. The van der Waals surface area contributed by atoms with Crippen LogP contribution in [-0.4, -0.2) is 35.2 Å². The lowest BCUT2D eigenvalue weighted by molar-refractivity contribution is -0.384. The Morgan fingerprint density at radius 1 is 1.23 bits per heavy atom. The number of non-ortho nitro benzene ring substituents is 1. The lowest BCUT2D eigenvalue weighted by atomic mass is 10.2. The van der Waals surface area contributed by atoms with Gasteiger partial charge in [-0.15, -0.1) is 0 Å². The predicted molar refractivity (Wildman–Crippen MR) is 107 cm³/mol. The van der Waals surface area contributed by atoms with Gasteiger partial charge in [-0.05, 0) is 23.8 Å². The van der Waals surface area contributed by atoms with Crippen molar-refractivity contribution in [3.8, 4) is 22.9 Å². The SMILES string of the molecule is COc1ccc(-c2noc(CNC(=O)/C=C/c3cccc([N+](=O)[O-])c3)n2)c(OC)c1. The summed E-state index contributed by atoms with van der Waals surface area (Å²) in [6.45, 7) is 0.0174. The van der Waals surface area contributed by atoms with Gasteiger partial charge < -0.3 is 19.3 Å². The highest BCUT2D eigenvalue weighted by Gasteiger charge is 2.14. The van der Waals surface area contributed by atoms with Crippen molar-refractivity contribution in [2.24, 2.45) is 0 Å². The molecular formula is C20H18N4O6. The van der Waals surface area contributed by atoms with Crippen LogP contribution in [0.3, 0.4) is 0 Å². The molecule has 10 nitrogen and oxygen atoms in total. The van der Waals surface area contributed by atoms with E-state index in [1.807, 2.05) is 0 Å². The quantitative estimate of drug-likeness (QED) is 0.341. The number of nitro benzene ring substituents is 1. The molecule has 0 atom stereocenters. The van der Waals surface area contributed by atoms with E-state index in [1.54, 1.807) is 37.4 Å². The Balaban J connectivity index is 1.62. The van der Waals surface area contributed by atoms with E-state index in [2.05, 4.69) is 15.5 Å². The molecule has 2 aromatic carbocycles. The average Bonchev–Trinajstić information content (AvgIpc) is 3.24. The topological polar surface area (TPSA) is 130 Å². The second-order valence-electron chi connectivity index (χ2n) is 5.98. The second kappa shape index (κ2) is 9.32. The lowest BCUT2D eigenvalue weighted by Crippen LogP contribution is -2.20. The zero-order chi connectivity index (χ0) is 21.5. The van der Waals surface area contributed by atoms with Crippen molar-refractivity contribution in [3.05, 3.63) is 70.1 Å². The minimum Gasteiger partial charge on any atom is -0.497 e. The van der Waals surface area contributed by atoms with E-state index >= 15 is 0 Å². The Labute approximate surface area is 171 Å². The van der Waals surface area contributed by atoms with Gasteiger partial charge in [0.1, 0.15) is 11.5 Å². The molecule has 30 heavy (non-hydrogen) atoms. The van der Waals surface area contributed by atoms with Crippen molar-refractivity contribution in [2.75, 3.05) is 14.2 Å². The third-order valence-corrected chi connectivity index (χ3v) is 4.04. The molecule has 1 aromatic heterocycles. The molecule has 0 radical (unpaired) electrons. The van der Waals surface area contributed by atoms with Gasteiger partial charge in [-0.1, -0.05) is 17.3 Å². The van der Waals surface area contributed by atoms with Gasteiger partial charge in [-0.25, -0.2) is 0 Å². The Hall–Kier alpha value is -4.21. The standard InChI is InChI=1S/C20H18N4O6/c1-28-15-7-8-16(17(11-15)29-2)20-22-19(30-23-20)12-21-18(25)9-6-13-4-3-5-14(10-13)24(26)27/h3-11H,12H2,1-2H3,(H,21,25)/b9-6+. The number of methoxy groups -OCH3 is 2. The molecule has 0 spiro atoms. The molecule has 0 bridgehead atoms. The van der Waals surface area contributed by atoms with Crippen LogP contribution in [0.2, 0.25) is 0 Å².